The molecule has 2 nitrogen and oxygen atoms in total. The average molecular weight is 385 g/mol. The van der Waals surface area contributed by atoms with Crippen LogP contribution in [-0.4, -0.2) is 20.6 Å². The number of nitrogens with zero attached hydrogens (tertiary/aromatic N) is 1. The number of hydrogen-bond acceptors (Lipinski definition) is 2. The van der Waals surface area contributed by atoms with Crippen molar-refractivity contribution < 1.29 is 0 Å². The molecule has 0 radical (unpaired) electrons. The second-order valence-corrected chi connectivity index (χ2v) is 10.3. The van der Waals surface area contributed by atoms with Gasteiger partial charge in [0.15, 0.2) is 0 Å². The Morgan fingerprint density at radius 3 is 2.46 bits per heavy atom. The van der Waals surface area contributed by atoms with E-state index in [1.807, 2.05) is 6.21 Å². The number of aryl methyl sites for hydroxylation is 1. The quantitative estimate of drug-likeness (QED) is 0.356. The van der Waals surface area contributed by atoms with E-state index in [0.717, 1.165) is 11.0 Å². The maximum atomic E-state index is 4.75. The van der Waals surface area contributed by atoms with Crippen LogP contribution < -0.4 is 4.30 Å². The van der Waals surface area contributed by atoms with Crippen molar-refractivity contribution in [3.05, 3.63) is 95.1 Å². The van der Waals surface area contributed by atoms with E-state index in [-0.39, 0.29) is 0 Å². The molecule has 142 valence electrons. The van der Waals surface area contributed by atoms with Gasteiger partial charge in [-0.05, 0) is 53.5 Å². The summed E-state index contributed by atoms with van der Waals surface area (Å²) in [5.41, 5.74) is 7.44. The van der Waals surface area contributed by atoms with Crippen molar-refractivity contribution in [3.63, 3.8) is 0 Å². The zero-order valence-electron chi connectivity index (χ0n) is 17.3. The van der Waals surface area contributed by atoms with Crippen molar-refractivity contribution in [2.45, 2.75) is 37.8 Å². The predicted molar refractivity (Wildman–Crippen MR) is 124 cm³/mol. The molecule has 3 aromatic carbocycles. The third-order valence-corrected chi connectivity index (χ3v) is 6.81. The first kappa shape index (κ1) is 20.4. The molecule has 0 heterocycles. The highest BCUT2D eigenvalue weighted by atomic mass is 27.2. The zero-order valence-corrected chi connectivity index (χ0v) is 18.5. The van der Waals surface area contributed by atoms with E-state index in [9.17, 15) is 0 Å². The second-order valence-electron chi connectivity index (χ2n) is 7.82. The Kier molecular flexibility index (Phi) is 7.09. The van der Waals surface area contributed by atoms with Crippen LogP contribution in [0.3, 0.4) is 0 Å². The van der Waals surface area contributed by atoms with Crippen LogP contribution in [0.4, 0.5) is 11.4 Å². The Morgan fingerprint density at radius 2 is 1.71 bits per heavy atom. The predicted octanol–water partition coefficient (Wildman–Crippen LogP) is 6.68. The van der Waals surface area contributed by atoms with Gasteiger partial charge in [0.2, 0.25) is 0 Å². The molecule has 28 heavy (non-hydrogen) atoms. The topological polar surface area (TPSA) is 24.4 Å². The summed E-state index contributed by atoms with van der Waals surface area (Å²) in [6.45, 7) is 6.55. The molecule has 3 aromatic rings. The van der Waals surface area contributed by atoms with Crippen LogP contribution in [0.25, 0.3) is 0 Å². The highest BCUT2D eigenvalue weighted by Gasteiger charge is 2.14. The van der Waals surface area contributed by atoms with Crippen molar-refractivity contribution in [1.29, 1.82) is 0 Å². The Morgan fingerprint density at radius 1 is 0.964 bits per heavy atom. The van der Waals surface area contributed by atoms with Gasteiger partial charge < -0.3 is 4.30 Å². The van der Waals surface area contributed by atoms with Crippen LogP contribution in [0.1, 0.15) is 42.0 Å². The van der Waals surface area contributed by atoms with Crippen molar-refractivity contribution >= 4 is 32.0 Å². The van der Waals surface area contributed by atoms with Gasteiger partial charge in [-0.25, -0.2) is 0 Å². The highest BCUT2D eigenvalue weighted by molar-refractivity contribution is 6.60. The van der Waals surface area contributed by atoms with Crippen LogP contribution in [0, 0.1) is 6.92 Å². The second kappa shape index (κ2) is 9.74. The smallest absolute Gasteiger partial charge is 0.412 e. The molecule has 0 aliphatic rings. The van der Waals surface area contributed by atoms with Crippen LogP contribution in [0.2, 0.25) is 5.79 Å². The minimum absolute atomic E-state index is 0.516. The summed E-state index contributed by atoms with van der Waals surface area (Å²) in [6.07, 6.45) is 2.02. The molecule has 0 bridgehead atoms. The standard InChI is InChI=1S/C17H18N.C7H8N.CH3.Al/c1-13(2)15-9-6-10-17(11-15)18-12-16-8-5-4-7-14(16)3;1-6-2-4-7(8)5-3-6;;/h4-13H,3H2,1-2H3;2-5,8H,1H3;1H3;/q;-1;;+1. The number of hydrogen-bond donors (Lipinski definition) is 1. The van der Waals surface area contributed by atoms with E-state index < -0.39 is 14.4 Å². The average Bonchev–Trinajstić information content (AvgIpc) is 2.69. The molecule has 3 rings (SSSR count). The van der Waals surface area contributed by atoms with E-state index in [4.69, 9.17) is 4.99 Å². The van der Waals surface area contributed by atoms with Gasteiger partial charge in [0.05, 0.1) is 5.69 Å². The number of anilines is 1. The maximum absolute atomic E-state index is 4.75. The highest BCUT2D eigenvalue weighted by Crippen LogP contribution is 2.21. The van der Waals surface area contributed by atoms with Gasteiger partial charge in [-0.15, -0.1) is 0 Å². The first-order chi connectivity index (χ1) is 13.5. The number of rotatable bonds is 7. The third kappa shape index (κ3) is 5.83. The molecule has 3 heteroatoms. The molecule has 0 fully saturated rings. The Labute approximate surface area is 174 Å². The van der Waals surface area contributed by atoms with Crippen molar-refractivity contribution in [2.24, 2.45) is 4.99 Å². The molecule has 0 atom stereocenters. The minimum atomic E-state index is -1.13. The fourth-order valence-electron chi connectivity index (χ4n) is 3.27. The molecule has 0 amide bonds. The molecule has 0 aliphatic heterocycles. The van der Waals surface area contributed by atoms with Gasteiger partial charge in [0, 0.05) is 11.9 Å². The van der Waals surface area contributed by atoms with Gasteiger partial charge in [0.25, 0.3) is 0 Å². The van der Waals surface area contributed by atoms with Crippen LogP contribution in [0.5, 0.6) is 0 Å². The van der Waals surface area contributed by atoms with E-state index in [2.05, 4.69) is 104 Å². The lowest BCUT2D eigenvalue weighted by molar-refractivity contribution is 0.867. The SMILES string of the molecule is Cc1ccc([NH][Al]([CH3])[CH2]c2ccccc2C=Nc2cccc(C(C)C)c2)cc1. The Bertz CT molecular complexity index is 929. The molecule has 0 saturated carbocycles. The fraction of sp³-hybridized carbons (Fsp3) is 0.240. The van der Waals surface area contributed by atoms with E-state index >= 15 is 0 Å². The van der Waals surface area contributed by atoms with E-state index in [1.165, 1.54) is 27.9 Å². The molecule has 0 aromatic heterocycles. The molecule has 0 unspecified atom stereocenters. The summed E-state index contributed by atoms with van der Waals surface area (Å²) in [5.74, 6) is 2.88. The molecular weight excluding hydrogens is 355 g/mol. The summed E-state index contributed by atoms with van der Waals surface area (Å²) in [5, 5.41) is 1.09. The van der Waals surface area contributed by atoms with Gasteiger partial charge >= 0.3 is 14.4 Å². The minimum Gasteiger partial charge on any atom is -0.476 e. The van der Waals surface area contributed by atoms with Crippen LogP contribution in [0.15, 0.2) is 77.8 Å². The van der Waals surface area contributed by atoms with Gasteiger partial charge in [0.1, 0.15) is 0 Å². The first-order valence-electron chi connectivity index (χ1n) is 10.1. The third-order valence-electron chi connectivity index (χ3n) is 4.94. The largest absolute Gasteiger partial charge is 0.476 e. The van der Waals surface area contributed by atoms with Gasteiger partial charge in [-0.3, -0.25) is 4.99 Å². The van der Waals surface area contributed by atoms with Crippen LogP contribution >= 0.6 is 0 Å². The van der Waals surface area contributed by atoms with E-state index in [1.54, 1.807) is 0 Å². The first-order valence-corrected chi connectivity index (χ1v) is 12.6. The lowest BCUT2D eigenvalue weighted by Crippen LogP contribution is -2.24. The molecular formula is C25H29AlN2. The number of benzene rings is 3. The maximum Gasteiger partial charge on any atom is 0.412 e. The number of aliphatic imine (C=N–C) groups is 1. The van der Waals surface area contributed by atoms with Gasteiger partial charge in [-0.1, -0.05) is 79.3 Å². The van der Waals surface area contributed by atoms with Crippen LogP contribution in [-0.2, 0) is 5.28 Å². The lowest BCUT2D eigenvalue weighted by Gasteiger charge is -2.13. The summed E-state index contributed by atoms with van der Waals surface area (Å²) >= 11 is -1.13. The molecule has 0 aliphatic carbocycles. The Balaban J connectivity index is 1.72. The number of nitrogens with one attached hydrogen (secondary N) is 1. The zero-order chi connectivity index (χ0) is 19.9. The summed E-state index contributed by atoms with van der Waals surface area (Å²) < 4.78 is 3.73. The van der Waals surface area contributed by atoms with Crippen molar-refractivity contribution in [2.75, 3.05) is 4.30 Å². The lowest BCUT2D eigenvalue weighted by atomic mass is 10.0. The van der Waals surface area contributed by atoms with Gasteiger partial charge in [-0.2, -0.15) is 0 Å². The normalized spacial score (nSPS) is 11.2. The summed E-state index contributed by atoms with van der Waals surface area (Å²) in [4.78, 5) is 4.75. The fourth-order valence-corrected chi connectivity index (χ4v) is 5.16. The van der Waals surface area contributed by atoms with Crippen molar-refractivity contribution in [1.82, 2.24) is 0 Å². The molecule has 0 saturated heterocycles. The monoisotopic (exact) mass is 384 g/mol. The van der Waals surface area contributed by atoms with E-state index in [0.29, 0.717) is 5.92 Å². The van der Waals surface area contributed by atoms with Crippen molar-refractivity contribution in [3.8, 4) is 0 Å². The summed E-state index contributed by atoms with van der Waals surface area (Å²) in [6, 6.07) is 25.8. The molecule has 1 N–H and O–H groups in total. The molecule has 0 spiro atoms. The summed E-state index contributed by atoms with van der Waals surface area (Å²) in [7, 11) is 0. The Hall–Kier alpha value is -2.34.